The molecule has 0 saturated carbocycles. The van der Waals surface area contributed by atoms with E-state index in [-0.39, 0.29) is 5.91 Å². The summed E-state index contributed by atoms with van der Waals surface area (Å²) in [6.45, 7) is 0.371. The van der Waals surface area contributed by atoms with E-state index < -0.39 is 0 Å². The second-order valence-corrected chi connectivity index (χ2v) is 5.32. The van der Waals surface area contributed by atoms with Gasteiger partial charge < -0.3 is 19.4 Å². The van der Waals surface area contributed by atoms with E-state index in [1.807, 2.05) is 48.0 Å². The average Bonchev–Trinajstić information content (AvgIpc) is 2.98. The molecule has 0 atom stereocenters. The largest absolute Gasteiger partial charge is 0.496 e. The van der Waals surface area contributed by atoms with Gasteiger partial charge in [0.15, 0.2) is 0 Å². The lowest BCUT2D eigenvalue weighted by Crippen LogP contribution is -2.25. The number of carbonyl (C=O) groups excluding carboxylic acids is 1. The summed E-state index contributed by atoms with van der Waals surface area (Å²) in [6, 6.07) is 11.1. The summed E-state index contributed by atoms with van der Waals surface area (Å²) >= 11 is 0. The van der Waals surface area contributed by atoms with Crippen LogP contribution < -0.4 is 14.8 Å². The maximum Gasteiger partial charge on any atom is 0.268 e. The van der Waals surface area contributed by atoms with Gasteiger partial charge in [-0.3, -0.25) is 9.78 Å². The minimum atomic E-state index is -0.177. The number of hydrogen-bond donors (Lipinski definition) is 1. The molecule has 1 aromatic carbocycles. The van der Waals surface area contributed by atoms with Gasteiger partial charge in [0, 0.05) is 18.6 Å². The highest BCUT2D eigenvalue weighted by Crippen LogP contribution is 2.35. The Labute approximate surface area is 140 Å². The third kappa shape index (κ3) is 2.78. The topological polar surface area (TPSA) is 65.4 Å². The van der Waals surface area contributed by atoms with Crippen LogP contribution in [0.2, 0.25) is 0 Å². The average molecular weight is 325 g/mol. The summed E-state index contributed by atoms with van der Waals surface area (Å²) in [4.78, 5) is 16.8. The number of methoxy groups -OCH3 is 2. The van der Waals surface area contributed by atoms with E-state index in [4.69, 9.17) is 9.47 Å². The molecule has 0 bridgehead atoms. The maximum absolute atomic E-state index is 12.6. The number of aryl methyl sites for hydroxylation is 1. The highest BCUT2D eigenvalue weighted by atomic mass is 16.5. The predicted molar refractivity (Wildman–Crippen MR) is 91.4 cm³/mol. The fraction of sp³-hybridized carbons (Fsp3) is 0.222. The van der Waals surface area contributed by atoms with E-state index >= 15 is 0 Å². The minimum Gasteiger partial charge on any atom is -0.496 e. The lowest BCUT2D eigenvalue weighted by Gasteiger charge is -2.09. The number of benzene rings is 1. The number of hydrogen-bond acceptors (Lipinski definition) is 4. The fourth-order valence-corrected chi connectivity index (χ4v) is 2.73. The number of fused-ring (bicyclic) bond motifs is 1. The van der Waals surface area contributed by atoms with Gasteiger partial charge >= 0.3 is 0 Å². The molecule has 124 valence electrons. The SMILES string of the molecule is COc1ccc(OC)c2c1cc(C(=O)NCc1ccccn1)n2C. The van der Waals surface area contributed by atoms with E-state index in [9.17, 15) is 4.79 Å². The smallest absolute Gasteiger partial charge is 0.268 e. The Morgan fingerprint density at radius 2 is 1.92 bits per heavy atom. The summed E-state index contributed by atoms with van der Waals surface area (Å²) < 4.78 is 12.6. The van der Waals surface area contributed by atoms with E-state index in [0.29, 0.717) is 23.7 Å². The van der Waals surface area contributed by atoms with Crippen LogP contribution in [0.5, 0.6) is 11.5 Å². The van der Waals surface area contributed by atoms with Gasteiger partial charge in [0.25, 0.3) is 5.91 Å². The van der Waals surface area contributed by atoms with Crippen LogP contribution in [0.4, 0.5) is 0 Å². The van der Waals surface area contributed by atoms with Crippen LogP contribution in [-0.2, 0) is 13.6 Å². The Morgan fingerprint density at radius 3 is 2.58 bits per heavy atom. The number of amides is 1. The molecule has 2 aromatic heterocycles. The van der Waals surface area contributed by atoms with Crippen LogP contribution in [0.15, 0.2) is 42.6 Å². The standard InChI is InChI=1S/C18H19N3O3/c1-21-14(18(22)20-11-12-6-4-5-9-19-12)10-13-15(23-2)7-8-16(24-3)17(13)21/h4-10H,11H2,1-3H3,(H,20,22). The molecule has 0 unspecified atom stereocenters. The van der Waals surface area contributed by atoms with Crippen LogP contribution >= 0.6 is 0 Å². The van der Waals surface area contributed by atoms with Crippen LogP contribution in [0, 0.1) is 0 Å². The van der Waals surface area contributed by atoms with Crippen molar-refractivity contribution < 1.29 is 14.3 Å². The van der Waals surface area contributed by atoms with E-state index in [0.717, 1.165) is 16.6 Å². The quantitative estimate of drug-likeness (QED) is 0.783. The molecule has 6 heteroatoms. The van der Waals surface area contributed by atoms with Crippen LogP contribution in [0.25, 0.3) is 10.9 Å². The first-order valence-corrected chi connectivity index (χ1v) is 7.54. The summed E-state index contributed by atoms with van der Waals surface area (Å²) in [7, 11) is 5.05. The van der Waals surface area contributed by atoms with Crippen LogP contribution in [0.1, 0.15) is 16.2 Å². The molecule has 0 aliphatic heterocycles. The molecule has 0 aliphatic carbocycles. The van der Waals surface area contributed by atoms with E-state index in [2.05, 4.69) is 10.3 Å². The minimum absolute atomic E-state index is 0.177. The number of nitrogens with zero attached hydrogens (tertiary/aromatic N) is 2. The Bertz CT molecular complexity index is 872. The molecule has 24 heavy (non-hydrogen) atoms. The van der Waals surface area contributed by atoms with Crippen LogP contribution in [-0.4, -0.2) is 29.7 Å². The highest BCUT2D eigenvalue weighted by molar-refractivity contribution is 6.02. The summed E-state index contributed by atoms with van der Waals surface area (Å²) in [6.07, 6.45) is 1.70. The van der Waals surface area contributed by atoms with Crippen molar-refractivity contribution in [3.63, 3.8) is 0 Å². The number of carbonyl (C=O) groups is 1. The zero-order valence-corrected chi connectivity index (χ0v) is 13.9. The fourth-order valence-electron chi connectivity index (χ4n) is 2.73. The second-order valence-electron chi connectivity index (χ2n) is 5.32. The molecular weight excluding hydrogens is 306 g/mol. The van der Waals surface area contributed by atoms with Gasteiger partial charge in [0.05, 0.1) is 32.0 Å². The Morgan fingerprint density at radius 1 is 1.17 bits per heavy atom. The summed E-state index contributed by atoms with van der Waals surface area (Å²) in [5.74, 6) is 1.21. The van der Waals surface area contributed by atoms with Gasteiger partial charge in [-0.1, -0.05) is 6.07 Å². The zero-order valence-electron chi connectivity index (χ0n) is 13.9. The van der Waals surface area contributed by atoms with Crippen molar-refractivity contribution in [3.05, 3.63) is 54.0 Å². The number of pyridine rings is 1. The monoisotopic (exact) mass is 325 g/mol. The first-order valence-electron chi connectivity index (χ1n) is 7.54. The molecule has 0 fully saturated rings. The van der Waals surface area contributed by atoms with Gasteiger partial charge in [0.2, 0.25) is 0 Å². The van der Waals surface area contributed by atoms with E-state index in [1.54, 1.807) is 20.4 Å². The van der Waals surface area contributed by atoms with Crippen molar-refractivity contribution in [1.29, 1.82) is 0 Å². The third-order valence-corrected chi connectivity index (χ3v) is 3.95. The molecule has 3 aromatic rings. The molecule has 1 N–H and O–H groups in total. The Balaban J connectivity index is 1.94. The summed E-state index contributed by atoms with van der Waals surface area (Å²) in [5, 5.41) is 3.72. The number of aromatic nitrogens is 2. The zero-order chi connectivity index (χ0) is 17.1. The third-order valence-electron chi connectivity index (χ3n) is 3.95. The molecule has 0 spiro atoms. The van der Waals surface area contributed by atoms with Crippen molar-refractivity contribution in [3.8, 4) is 11.5 Å². The Hall–Kier alpha value is -3.02. The normalized spacial score (nSPS) is 10.6. The first kappa shape index (κ1) is 15.9. The van der Waals surface area contributed by atoms with Crippen molar-refractivity contribution >= 4 is 16.8 Å². The molecule has 0 saturated heterocycles. The predicted octanol–water partition coefficient (Wildman–Crippen LogP) is 2.52. The van der Waals surface area contributed by atoms with Gasteiger partial charge in [-0.05, 0) is 30.3 Å². The van der Waals surface area contributed by atoms with Crippen molar-refractivity contribution in [1.82, 2.24) is 14.9 Å². The molecule has 6 nitrogen and oxygen atoms in total. The maximum atomic E-state index is 12.6. The van der Waals surface area contributed by atoms with Gasteiger partial charge in [-0.15, -0.1) is 0 Å². The molecule has 1 amide bonds. The molecular formula is C18H19N3O3. The van der Waals surface area contributed by atoms with Crippen molar-refractivity contribution in [2.24, 2.45) is 7.05 Å². The molecule has 0 radical (unpaired) electrons. The van der Waals surface area contributed by atoms with Gasteiger partial charge in [0.1, 0.15) is 17.2 Å². The second kappa shape index (κ2) is 6.62. The first-order chi connectivity index (χ1) is 11.7. The molecule has 0 aliphatic rings. The lowest BCUT2D eigenvalue weighted by molar-refractivity contribution is 0.0942. The summed E-state index contributed by atoms with van der Waals surface area (Å²) in [5.41, 5.74) is 2.16. The number of nitrogens with one attached hydrogen (secondary N) is 1. The van der Waals surface area contributed by atoms with Crippen molar-refractivity contribution in [2.75, 3.05) is 14.2 Å². The highest BCUT2D eigenvalue weighted by Gasteiger charge is 2.18. The molecule has 2 heterocycles. The van der Waals surface area contributed by atoms with Crippen LogP contribution in [0.3, 0.4) is 0 Å². The van der Waals surface area contributed by atoms with Crippen molar-refractivity contribution in [2.45, 2.75) is 6.54 Å². The van der Waals surface area contributed by atoms with E-state index in [1.165, 1.54) is 0 Å². The number of rotatable bonds is 5. The lowest BCUT2D eigenvalue weighted by atomic mass is 10.2. The Kier molecular flexibility index (Phi) is 4.37. The number of ether oxygens (including phenoxy) is 2. The van der Waals surface area contributed by atoms with Gasteiger partial charge in [-0.2, -0.15) is 0 Å². The molecule has 3 rings (SSSR count). The van der Waals surface area contributed by atoms with Gasteiger partial charge in [-0.25, -0.2) is 0 Å².